The van der Waals surface area contributed by atoms with E-state index in [1.165, 1.54) is 0 Å². The average molecular weight is 340 g/mol. The van der Waals surface area contributed by atoms with Gasteiger partial charge < -0.3 is 15.1 Å². The van der Waals surface area contributed by atoms with Crippen LogP contribution in [0, 0.1) is 0 Å². The number of hydrogen-bond donors (Lipinski definition) is 1. The van der Waals surface area contributed by atoms with Gasteiger partial charge in [0.05, 0.1) is 0 Å². The Labute approximate surface area is 127 Å². The molecule has 1 aliphatic heterocycles. The van der Waals surface area contributed by atoms with Crippen molar-refractivity contribution >= 4 is 33.6 Å². The average Bonchev–Trinajstić information content (AvgIpc) is 2.67. The Morgan fingerprint density at radius 1 is 1.05 bits per heavy atom. The number of carbonyl (C=O) groups excluding carboxylic acids is 2. The smallest absolute Gasteiger partial charge is 0.321 e. The molecule has 0 bridgehead atoms. The van der Waals surface area contributed by atoms with Crippen molar-refractivity contribution in [2.75, 3.05) is 31.5 Å². The summed E-state index contributed by atoms with van der Waals surface area (Å²) in [7, 11) is 0. The fraction of sp³-hybridized carbons (Fsp3) is 0.429. The molecular weight excluding hydrogens is 322 g/mol. The van der Waals surface area contributed by atoms with Crippen LogP contribution in [0.15, 0.2) is 28.7 Å². The number of rotatable bonds is 1. The highest BCUT2D eigenvalue weighted by Gasteiger charge is 2.20. The lowest BCUT2D eigenvalue weighted by Crippen LogP contribution is -2.38. The van der Waals surface area contributed by atoms with E-state index in [1.807, 2.05) is 24.3 Å². The first kappa shape index (κ1) is 14.8. The molecule has 0 unspecified atom stereocenters. The van der Waals surface area contributed by atoms with Crippen molar-refractivity contribution in [3.8, 4) is 0 Å². The third-order valence-electron chi connectivity index (χ3n) is 3.32. The summed E-state index contributed by atoms with van der Waals surface area (Å²) in [4.78, 5) is 27.1. The lowest BCUT2D eigenvalue weighted by Gasteiger charge is -2.21. The van der Waals surface area contributed by atoms with E-state index < -0.39 is 0 Å². The third-order valence-corrected chi connectivity index (χ3v) is 3.85. The first-order chi connectivity index (χ1) is 9.56. The lowest BCUT2D eigenvalue weighted by atomic mass is 10.3. The highest BCUT2D eigenvalue weighted by Crippen LogP contribution is 2.15. The van der Waals surface area contributed by atoms with Gasteiger partial charge in [-0.1, -0.05) is 15.9 Å². The van der Waals surface area contributed by atoms with Crippen molar-refractivity contribution in [3.05, 3.63) is 28.7 Å². The predicted molar refractivity (Wildman–Crippen MR) is 81.6 cm³/mol. The zero-order chi connectivity index (χ0) is 14.5. The van der Waals surface area contributed by atoms with Gasteiger partial charge in [0, 0.05) is 43.3 Å². The Balaban J connectivity index is 1.92. The van der Waals surface area contributed by atoms with Gasteiger partial charge in [0.2, 0.25) is 5.91 Å². The number of anilines is 1. The number of nitrogens with zero attached hydrogens (tertiary/aromatic N) is 2. The van der Waals surface area contributed by atoms with Gasteiger partial charge in [-0.05, 0) is 30.7 Å². The van der Waals surface area contributed by atoms with Crippen LogP contribution in [-0.2, 0) is 4.79 Å². The van der Waals surface area contributed by atoms with Gasteiger partial charge >= 0.3 is 6.03 Å². The molecule has 3 amide bonds. The molecule has 1 aliphatic rings. The Morgan fingerprint density at radius 3 is 2.30 bits per heavy atom. The molecule has 0 saturated carbocycles. The molecule has 6 heteroatoms. The maximum atomic E-state index is 12.2. The number of benzene rings is 1. The normalized spacial score (nSPS) is 15.7. The van der Waals surface area contributed by atoms with E-state index in [1.54, 1.807) is 16.7 Å². The second kappa shape index (κ2) is 6.74. The molecule has 0 atom stereocenters. The fourth-order valence-corrected chi connectivity index (χ4v) is 2.44. The summed E-state index contributed by atoms with van der Waals surface area (Å²) in [6, 6.07) is 7.35. The Kier molecular flexibility index (Phi) is 5.00. The SMILES string of the molecule is CC(=O)N1CCCN(C(=O)Nc2ccc(Br)cc2)CC1. The van der Waals surface area contributed by atoms with E-state index in [0.29, 0.717) is 19.6 Å². The van der Waals surface area contributed by atoms with Crippen LogP contribution < -0.4 is 5.32 Å². The van der Waals surface area contributed by atoms with E-state index in [2.05, 4.69) is 21.2 Å². The van der Waals surface area contributed by atoms with E-state index in [0.717, 1.165) is 23.1 Å². The monoisotopic (exact) mass is 339 g/mol. The zero-order valence-corrected chi connectivity index (χ0v) is 13.0. The van der Waals surface area contributed by atoms with Crippen LogP contribution >= 0.6 is 15.9 Å². The van der Waals surface area contributed by atoms with E-state index in [-0.39, 0.29) is 11.9 Å². The maximum absolute atomic E-state index is 12.2. The molecule has 1 aromatic rings. The Morgan fingerprint density at radius 2 is 1.65 bits per heavy atom. The van der Waals surface area contributed by atoms with Crippen LogP contribution in [0.5, 0.6) is 0 Å². The third kappa shape index (κ3) is 3.96. The number of urea groups is 1. The summed E-state index contributed by atoms with van der Waals surface area (Å²) in [5.74, 6) is 0.0696. The molecule has 0 aliphatic carbocycles. The quantitative estimate of drug-likeness (QED) is 0.854. The number of hydrogen-bond acceptors (Lipinski definition) is 2. The first-order valence-electron chi connectivity index (χ1n) is 6.63. The Bertz CT molecular complexity index is 490. The summed E-state index contributed by atoms with van der Waals surface area (Å²) in [6.45, 7) is 4.13. The van der Waals surface area contributed by atoms with Gasteiger partial charge in [-0.3, -0.25) is 4.79 Å². The molecule has 1 fully saturated rings. The minimum Gasteiger partial charge on any atom is -0.341 e. The molecule has 1 aromatic carbocycles. The van der Waals surface area contributed by atoms with E-state index in [4.69, 9.17) is 0 Å². The topological polar surface area (TPSA) is 52.7 Å². The predicted octanol–water partition coefficient (Wildman–Crippen LogP) is 2.54. The molecule has 0 aromatic heterocycles. The van der Waals surface area contributed by atoms with Gasteiger partial charge in [-0.2, -0.15) is 0 Å². The minimum absolute atomic E-state index is 0.0696. The van der Waals surface area contributed by atoms with Crippen molar-refractivity contribution < 1.29 is 9.59 Å². The van der Waals surface area contributed by atoms with Gasteiger partial charge in [-0.25, -0.2) is 4.79 Å². The second-order valence-corrected chi connectivity index (χ2v) is 5.70. The summed E-state index contributed by atoms with van der Waals surface area (Å²) in [5, 5.41) is 2.87. The van der Waals surface area contributed by atoms with Crippen molar-refractivity contribution in [3.63, 3.8) is 0 Å². The molecule has 1 N–H and O–H groups in total. The molecule has 1 heterocycles. The summed E-state index contributed by atoms with van der Waals surface area (Å²) >= 11 is 3.36. The fourth-order valence-electron chi connectivity index (χ4n) is 2.17. The molecule has 0 radical (unpaired) electrons. The largest absolute Gasteiger partial charge is 0.341 e. The second-order valence-electron chi connectivity index (χ2n) is 4.78. The van der Waals surface area contributed by atoms with E-state index >= 15 is 0 Å². The molecule has 1 saturated heterocycles. The molecule has 108 valence electrons. The number of halogens is 1. The lowest BCUT2D eigenvalue weighted by molar-refractivity contribution is -0.128. The van der Waals surface area contributed by atoms with Crippen molar-refractivity contribution in [1.82, 2.24) is 9.80 Å². The summed E-state index contributed by atoms with van der Waals surface area (Å²) in [5.41, 5.74) is 0.769. The standard InChI is InChI=1S/C14H18BrN3O2/c1-11(19)17-7-2-8-18(10-9-17)14(20)16-13-5-3-12(15)4-6-13/h3-6H,2,7-10H2,1H3,(H,16,20). The first-order valence-corrected chi connectivity index (χ1v) is 7.42. The van der Waals surface area contributed by atoms with Crippen molar-refractivity contribution in [2.45, 2.75) is 13.3 Å². The number of nitrogens with one attached hydrogen (secondary N) is 1. The van der Waals surface area contributed by atoms with Crippen LogP contribution in [0.2, 0.25) is 0 Å². The number of amides is 3. The van der Waals surface area contributed by atoms with Crippen LogP contribution in [0.1, 0.15) is 13.3 Å². The molecular formula is C14H18BrN3O2. The molecule has 2 rings (SSSR count). The molecule has 5 nitrogen and oxygen atoms in total. The zero-order valence-electron chi connectivity index (χ0n) is 11.4. The van der Waals surface area contributed by atoms with Crippen LogP contribution in [-0.4, -0.2) is 47.9 Å². The summed E-state index contributed by atoms with van der Waals surface area (Å²) in [6.07, 6.45) is 0.813. The summed E-state index contributed by atoms with van der Waals surface area (Å²) < 4.78 is 0.974. The number of carbonyl (C=O) groups is 2. The van der Waals surface area contributed by atoms with Gasteiger partial charge in [0.1, 0.15) is 0 Å². The van der Waals surface area contributed by atoms with E-state index in [9.17, 15) is 9.59 Å². The highest BCUT2D eigenvalue weighted by molar-refractivity contribution is 9.10. The van der Waals surface area contributed by atoms with Gasteiger partial charge in [0.15, 0.2) is 0 Å². The minimum atomic E-state index is -0.113. The maximum Gasteiger partial charge on any atom is 0.321 e. The van der Waals surface area contributed by atoms with Crippen LogP contribution in [0.3, 0.4) is 0 Å². The van der Waals surface area contributed by atoms with Gasteiger partial charge in [0.25, 0.3) is 0 Å². The van der Waals surface area contributed by atoms with Gasteiger partial charge in [-0.15, -0.1) is 0 Å². The van der Waals surface area contributed by atoms with Crippen molar-refractivity contribution in [2.24, 2.45) is 0 Å². The Hall–Kier alpha value is -1.56. The van der Waals surface area contributed by atoms with Crippen LogP contribution in [0.25, 0.3) is 0 Å². The molecule has 20 heavy (non-hydrogen) atoms. The molecule has 0 spiro atoms. The van der Waals surface area contributed by atoms with Crippen molar-refractivity contribution in [1.29, 1.82) is 0 Å². The highest BCUT2D eigenvalue weighted by atomic mass is 79.9. The van der Waals surface area contributed by atoms with Crippen LogP contribution in [0.4, 0.5) is 10.5 Å².